The quantitative estimate of drug-likeness (QED) is 0.844. The van der Waals surface area contributed by atoms with Gasteiger partial charge in [-0.05, 0) is 24.4 Å². The van der Waals surface area contributed by atoms with Gasteiger partial charge in [-0.3, -0.25) is 0 Å². The van der Waals surface area contributed by atoms with Gasteiger partial charge in [0, 0.05) is 5.39 Å². The lowest BCUT2D eigenvalue weighted by molar-refractivity contribution is -0.428. The van der Waals surface area contributed by atoms with Gasteiger partial charge in [0.25, 0.3) is 0 Å². The van der Waals surface area contributed by atoms with Gasteiger partial charge in [0.2, 0.25) is 0 Å². The summed E-state index contributed by atoms with van der Waals surface area (Å²) < 4.78 is 16.1. The number of nitrogens with one attached hydrogen (secondary N) is 1. The first-order valence-electron chi connectivity index (χ1n) is 5.82. The van der Waals surface area contributed by atoms with Crippen LogP contribution in [-0.4, -0.2) is 20.1 Å². The van der Waals surface area contributed by atoms with Crippen molar-refractivity contribution < 1.29 is 23.7 Å². The molecule has 5 nitrogen and oxygen atoms in total. The molecule has 0 bridgehead atoms. The molecule has 1 aromatic heterocycles. The van der Waals surface area contributed by atoms with E-state index >= 15 is 0 Å². The zero-order valence-electron chi connectivity index (χ0n) is 11.4. The van der Waals surface area contributed by atoms with Crippen molar-refractivity contribution in [1.82, 2.24) is 0 Å². The molecular formula is C14H16NO4+. The molecule has 1 aromatic carbocycles. The molecule has 0 radical (unpaired) electrons. The molecule has 0 saturated heterocycles. The summed E-state index contributed by atoms with van der Waals surface area (Å²) in [7, 11) is 3.17. The average molecular weight is 262 g/mol. The first-order valence-corrected chi connectivity index (χ1v) is 5.82. The molecule has 5 heteroatoms. The standard InChI is InChI=1S/C14H15NO4/c1-8-11-7-13(18-4)12(17-3)5-10(11)6-14(19-8)15-9(2)16/h5-7H,1-4H3/p+1. The Labute approximate surface area is 110 Å². The Morgan fingerprint density at radius 2 is 1.79 bits per heavy atom. The van der Waals surface area contributed by atoms with Crippen molar-refractivity contribution in [3.05, 3.63) is 29.5 Å². The van der Waals surface area contributed by atoms with Crippen LogP contribution in [0.1, 0.15) is 12.7 Å². The minimum Gasteiger partial charge on any atom is -0.493 e. The lowest BCUT2D eigenvalue weighted by Crippen LogP contribution is -2.79. The third-order valence-electron chi connectivity index (χ3n) is 2.78. The predicted molar refractivity (Wildman–Crippen MR) is 68.8 cm³/mol. The lowest BCUT2D eigenvalue weighted by atomic mass is 10.1. The fourth-order valence-corrected chi connectivity index (χ4v) is 1.94. The smallest absolute Gasteiger partial charge is 0.385 e. The van der Waals surface area contributed by atoms with Crippen molar-refractivity contribution >= 4 is 16.7 Å². The number of carbonyl (C=O) groups excluding carboxylic acids is 1. The first-order chi connectivity index (χ1) is 9.05. The number of hydrogen-bond donors (Lipinski definition) is 1. The maximum atomic E-state index is 11.1. The SMILES string of the molecule is COc1cc2cc(=[NH+]C(C)=O)oc(C)c2cc1OC. The van der Waals surface area contributed by atoms with Crippen LogP contribution >= 0.6 is 0 Å². The summed E-state index contributed by atoms with van der Waals surface area (Å²) in [5, 5.41) is 1.82. The number of aryl methyl sites for hydroxylation is 1. The van der Waals surface area contributed by atoms with E-state index in [1.807, 2.05) is 19.1 Å². The van der Waals surface area contributed by atoms with E-state index in [0.717, 1.165) is 10.8 Å². The average Bonchev–Trinajstić information content (AvgIpc) is 2.36. The third-order valence-corrected chi connectivity index (χ3v) is 2.78. The summed E-state index contributed by atoms with van der Waals surface area (Å²) >= 11 is 0. The summed E-state index contributed by atoms with van der Waals surface area (Å²) in [5.74, 6) is 1.79. The molecule has 100 valence electrons. The molecule has 0 unspecified atom stereocenters. The maximum Gasteiger partial charge on any atom is 0.385 e. The zero-order valence-corrected chi connectivity index (χ0v) is 11.4. The highest BCUT2D eigenvalue weighted by atomic mass is 16.5. The second-order valence-electron chi connectivity index (χ2n) is 4.14. The van der Waals surface area contributed by atoms with Gasteiger partial charge < -0.3 is 13.9 Å². The van der Waals surface area contributed by atoms with E-state index in [0.29, 0.717) is 22.8 Å². The van der Waals surface area contributed by atoms with Gasteiger partial charge in [0.15, 0.2) is 11.5 Å². The molecule has 19 heavy (non-hydrogen) atoms. The highest BCUT2D eigenvalue weighted by Crippen LogP contribution is 2.32. The van der Waals surface area contributed by atoms with Crippen LogP contribution < -0.4 is 20.0 Å². The Kier molecular flexibility index (Phi) is 3.55. The molecule has 1 heterocycles. The summed E-state index contributed by atoms with van der Waals surface area (Å²) in [6.45, 7) is 3.27. The second-order valence-corrected chi connectivity index (χ2v) is 4.14. The molecule has 2 aromatic rings. The molecule has 0 spiro atoms. The number of fused-ring (bicyclic) bond motifs is 1. The number of amides is 1. The first kappa shape index (κ1) is 13.1. The van der Waals surface area contributed by atoms with Gasteiger partial charge in [-0.1, -0.05) is 0 Å². The van der Waals surface area contributed by atoms with Gasteiger partial charge in [-0.25, -0.2) is 4.79 Å². The molecule has 0 aliphatic carbocycles. The van der Waals surface area contributed by atoms with Gasteiger partial charge >= 0.3 is 11.5 Å². The van der Waals surface area contributed by atoms with Crippen molar-refractivity contribution in [2.24, 2.45) is 0 Å². The summed E-state index contributed by atoms with van der Waals surface area (Å²) in [4.78, 5) is 13.7. The van der Waals surface area contributed by atoms with Crippen LogP contribution in [0.3, 0.4) is 0 Å². The third kappa shape index (κ3) is 2.59. The Morgan fingerprint density at radius 3 is 2.37 bits per heavy atom. The predicted octanol–water partition coefficient (Wildman–Crippen LogP) is 0.286. The van der Waals surface area contributed by atoms with Crippen molar-refractivity contribution in [3.8, 4) is 11.5 Å². The van der Waals surface area contributed by atoms with Crippen molar-refractivity contribution in [2.45, 2.75) is 13.8 Å². The number of benzene rings is 1. The highest BCUT2D eigenvalue weighted by Gasteiger charge is 2.10. The number of carbonyl (C=O) groups is 1. The topological polar surface area (TPSA) is 62.6 Å². The highest BCUT2D eigenvalue weighted by molar-refractivity contribution is 5.87. The molecule has 2 rings (SSSR count). The van der Waals surface area contributed by atoms with E-state index < -0.39 is 0 Å². The van der Waals surface area contributed by atoms with Gasteiger partial charge in [-0.2, -0.15) is 0 Å². The van der Waals surface area contributed by atoms with Gasteiger partial charge in [-0.15, -0.1) is 4.99 Å². The van der Waals surface area contributed by atoms with E-state index in [2.05, 4.69) is 4.99 Å². The summed E-state index contributed by atoms with van der Waals surface area (Å²) in [6, 6.07) is 5.46. The van der Waals surface area contributed by atoms with E-state index in [4.69, 9.17) is 13.9 Å². The van der Waals surface area contributed by atoms with Gasteiger partial charge in [0.1, 0.15) is 5.76 Å². The Hall–Kier alpha value is -2.30. The maximum absolute atomic E-state index is 11.1. The fraction of sp³-hybridized carbons (Fsp3) is 0.286. The molecule has 0 fully saturated rings. The molecule has 0 aliphatic heterocycles. The van der Waals surface area contributed by atoms with Crippen LogP contribution in [0, 0.1) is 6.92 Å². The van der Waals surface area contributed by atoms with Crippen LogP contribution in [0.15, 0.2) is 22.6 Å². The van der Waals surface area contributed by atoms with Crippen molar-refractivity contribution in [1.29, 1.82) is 0 Å². The minimum atomic E-state index is -0.178. The second kappa shape index (κ2) is 5.14. The molecule has 0 aliphatic rings. The molecule has 0 saturated carbocycles. The van der Waals surface area contributed by atoms with Crippen LogP contribution in [-0.2, 0) is 4.79 Å². The molecular weight excluding hydrogens is 246 g/mol. The Morgan fingerprint density at radius 1 is 1.16 bits per heavy atom. The van der Waals surface area contributed by atoms with E-state index in [9.17, 15) is 4.79 Å². The zero-order chi connectivity index (χ0) is 14.0. The summed E-state index contributed by atoms with van der Waals surface area (Å²) in [6.07, 6.45) is 0. The fourth-order valence-electron chi connectivity index (χ4n) is 1.94. The Balaban J connectivity index is 2.77. The molecule has 1 amide bonds. The van der Waals surface area contributed by atoms with Gasteiger partial charge in [0.05, 0.1) is 27.2 Å². The van der Waals surface area contributed by atoms with Crippen molar-refractivity contribution in [3.63, 3.8) is 0 Å². The monoisotopic (exact) mass is 262 g/mol. The largest absolute Gasteiger partial charge is 0.493 e. The number of methoxy groups -OCH3 is 2. The normalized spacial score (nSPS) is 11.7. The number of rotatable bonds is 2. The van der Waals surface area contributed by atoms with Crippen LogP contribution in [0.25, 0.3) is 10.8 Å². The van der Waals surface area contributed by atoms with E-state index in [1.165, 1.54) is 6.92 Å². The minimum absolute atomic E-state index is 0.178. The number of hydrogen-bond acceptors (Lipinski definition) is 4. The van der Waals surface area contributed by atoms with Crippen LogP contribution in [0.5, 0.6) is 11.5 Å². The summed E-state index contributed by atoms with van der Waals surface area (Å²) in [5.41, 5.74) is 0.407. The Bertz CT molecular complexity index is 700. The van der Waals surface area contributed by atoms with Crippen LogP contribution in [0.2, 0.25) is 0 Å². The van der Waals surface area contributed by atoms with E-state index in [1.54, 1.807) is 20.3 Å². The van der Waals surface area contributed by atoms with Crippen LogP contribution in [0.4, 0.5) is 0 Å². The molecule has 1 N–H and O–H groups in total. The molecule has 0 atom stereocenters. The van der Waals surface area contributed by atoms with Crippen molar-refractivity contribution in [2.75, 3.05) is 14.2 Å². The lowest BCUT2D eigenvalue weighted by Gasteiger charge is -2.09. The van der Waals surface area contributed by atoms with E-state index in [-0.39, 0.29) is 5.91 Å². The number of ether oxygens (including phenoxy) is 2.